The van der Waals surface area contributed by atoms with Crippen LogP contribution in [-0.4, -0.2) is 59.2 Å². The molecular weight excluding hydrogens is 460 g/mol. The summed E-state index contributed by atoms with van der Waals surface area (Å²) in [4.78, 5) is 29.1. The highest BCUT2D eigenvalue weighted by atomic mass is 79.9. The van der Waals surface area contributed by atoms with E-state index in [0.717, 1.165) is 10.0 Å². The molecular formula is C21H26BrClN2O4. The average Bonchev–Trinajstić information content (AvgIpc) is 3.00. The highest BCUT2D eigenvalue weighted by molar-refractivity contribution is 9.10. The minimum absolute atomic E-state index is 0.0968. The fraction of sp³-hybridized carbons (Fsp3) is 0.524. The molecule has 0 spiro atoms. The Bertz CT molecular complexity index is 831. The topological polar surface area (TPSA) is 59.1 Å². The van der Waals surface area contributed by atoms with Gasteiger partial charge >= 0.3 is 6.09 Å². The van der Waals surface area contributed by atoms with E-state index < -0.39 is 11.2 Å². The Morgan fingerprint density at radius 1 is 1.28 bits per heavy atom. The van der Waals surface area contributed by atoms with Crippen LogP contribution in [0.3, 0.4) is 0 Å². The van der Waals surface area contributed by atoms with Crippen molar-refractivity contribution in [2.75, 3.05) is 26.2 Å². The van der Waals surface area contributed by atoms with Crippen LogP contribution < -0.4 is 4.74 Å². The first-order chi connectivity index (χ1) is 13.5. The fourth-order valence-corrected chi connectivity index (χ4v) is 4.61. The summed E-state index contributed by atoms with van der Waals surface area (Å²) in [5.74, 6) is 0.553. The monoisotopic (exact) mass is 484 g/mol. The minimum Gasteiger partial charge on any atom is -0.475 e. The van der Waals surface area contributed by atoms with Crippen LogP contribution in [0.5, 0.6) is 5.75 Å². The van der Waals surface area contributed by atoms with Crippen LogP contribution in [0.15, 0.2) is 29.3 Å². The van der Waals surface area contributed by atoms with Gasteiger partial charge in [0.2, 0.25) is 0 Å². The lowest BCUT2D eigenvalue weighted by molar-refractivity contribution is -0.148. The molecule has 2 aliphatic rings. The minimum atomic E-state index is -1.04. The van der Waals surface area contributed by atoms with Gasteiger partial charge < -0.3 is 19.3 Å². The summed E-state index contributed by atoms with van der Waals surface area (Å²) in [5, 5.41) is 0.590. The van der Waals surface area contributed by atoms with Crippen LogP contribution in [0.4, 0.5) is 4.79 Å². The maximum atomic E-state index is 13.5. The number of benzene rings is 1. The normalized spacial score (nSPS) is 21.4. The molecule has 0 radical (unpaired) electrons. The van der Waals surface area contributed by atoms with Crippen molar-refractivity contribution in [2.45, 2.75) is 44.8 Å². The number of nitrogens with zero attached hydrogens (tertiary/aromatic N) is 2. The van der Waals surface area contributed by atoms with E-state index in [9.17, 15) is 9.59 Å². The summed E-state index contributed by atoms with van der Waals surface area (Å²) >= 11 is 9.64. The highest BCUT2D eigenvalue weighted by Crippen LogP contribution is 2.44. The molecule has 0 aliphatic carbocycles. The number of rotatable bonds is 3. The Kier molecular flexibility index (Phi) is 6.20. The van der Waals surface area contributed by atoms with Crippen molar-refractivity contribution in [3.63, 3.8) is 0 Å². The standard InChI is InChI=1S/C21H26BrClN2O4/c1-5-6-21(13-14-11-15(23)12-16(22)17(14)28-21)18(26)24-7-9-25(10-8-24)19(27)29-20(2,3)4/h5,11-12H,1,6-10,13H2,2-4H3. The predicted octanol–water partition coefficient (Wildman–Crippen LogP) is 4.43. The van der Waals surface area contributed by atoms with Crippen molar-refractivity contribution in [3.05, 3.63) is 39.8 Å². The third kappa shape index (κ3) is 4.72. The Morgan fingerprint density at radius 2 is 1.90 bits per heavy atom. The smallest absolute Gasteiger partial charge is 0.410 e. The lowest BCUT2D eigenvalue weighted by atomic mass is 9.91. The summed E-state index contributed by atoms with van der Waals surface area (Å²) in [7, 11) is 0. The van der Waals surface area contributed by atoms with Gasteiger partial charge in [0.1, 0.15) is 11.4 Å². The molecule has 3 rings (SSSR count). The van der Waals surface area contributed by atoms with Crippen molar-refractivity contribution in [3.8, 4) is 5.75 Å². The van der Waals surface area contributed by atoms with Gasteiger partial charge in [-0.2, -0.15) is 0 Å². The zero-order chi connectivity index (χ0) is 21.4. The Balaban J connectivity index is 1.71. The van der Waals surface area contributed by atoms with Gasteiger partial charge in [0.15, 0.2) is 5.60 Å². The van der Waals surface area contributed by atoms with Gasteiger partial charge in [-0.05, 0) is 48.8 Å². The second-order valence-electron chi connectivity index (χ2n) is 8.40. The van der Waals surface area contributed by atoms with Crippen molar-refractivity contribution >= 4 is 39.5 Å². The van der Waals surface area contributed by atoms with E-state index >= 15 is 0 Å². The Labute approximate surface area is 184 Å². The molecule has 1 unspecified atom stereocenters. The number of hydrogen-bond acceptors (Lipinski definition) is 4. The number of fused-ring (bicyclic) bond motifs is 1. The first-order valence-corrected chi connectivity index (χ1v) is 10.8. The van der Waals surface area contributed by atoms with Gasteiger partial charge in [-0.15, -0.1) is 6.58 Å². The van der Waals surface area contributed by atoms with E-state index in [1.165, 1.54) is 0 Å². The van der Waals surface area contributed by atoms with Gasteiger partial charge in [-0.25, -0.2) is 4.79 Å². The van der Waals surface area contributed by atoms with E-state index in [1.807, 2.05) is 26.8 Å². The fourth-order valence-electron chi connectivity index (χ4n) is 3.66. The second kappa shape index (κ2) is 8.19. The number of carbonyl (C=O) groups excluding carboxylic acids is 2. The van der Waals surface area contributed by atoms with E-state index in [0.29, 0.717) is 49.8 Å². The zero-order valence-electron chi connectivity index (χ0n) is 17.0. The van der Waals surface area contributed by atoms with Crippen LogP contribution in [-0.2, 0) is 16.0 Å². The van der Waals surface area contributed by atoms with Crippen molar-refractivity contribution in [2.24, 2.45) is 0 Å². The molecule has 0 aromatic heterocycles. The van der Waals surface area contributed by atoms with Crippen molar-refractivity contribution in [1.29, 1.82) is 0 Å². The van der Waals surface area contributed by atoms with Crippen LogP contribution in [0.1, 0.15) is 32.8 Å². The van der Waals surface area contributed by atoms with Gasteiger partial charge in [-0.1, -0.05) is 17.7 Å². The summed E-state index contributed by atoms with van der Waals surface area (Å²) in [6.45, 7) is 11.0. The average molecular weight is 486 g/mol. The summed E-state index contributed by atoms with van der Waals surface area (Å²) < 4.78 is 12.4. The molecule has 2 aliphatic heterocycles. The number of halogens is 2. The van der Waals surface area contributed by atoms with Crippen molar-refractivity contribution in [1.82, 2.24) is 9.80 Å². The maximum absolute atomic E-state index is 13.5. The quantitative estimate of drug-likeness (QED) is 0.594. The number of ether oxygens (including phenoxy) is 2. The first kappa shape index (κ1) is 22.0. The Morgan fingerprint density at radius 3 is 2.48 bits per heavy atom. The molecule has 8 heteroatoms. The van der Waals surface area contributed by atoms with E-state index in [1.54, 1.807) is 21.9 Å². The lowest BCUT2D eigenvalue weighted by Gasteiger charge is -2.39. The largest absolute Gasteiger partial charge is 0.475 e. The van der Waals surface area contributed by atoms with Gasteiger partial charge in [0.05, 0.1) is 4.47 Å². The van der Waals surface area contributed by atoms with Crippen LogP contribution in [0, 0.1) is 0 Å². The first-order valence-electron chi connectivity index (χ1n) is 9.60. The van der Waals surface area contributed by atoms with Crippen molar-refractivity contribution < 1.29 is 19.1 Å². The predicted molar refractivity (Wildman–Crippen MR) is 115 cm³/mol. The van der Waals surface area contributed by atoms with E-state index in [-0.39, 0.29) is 12.0 Å². The molecule has 1 aromatic carbocycles. The molecule has 0 N–H and O–H groups in total. The van der Waals surface area contributed by atoms with E-state index in [2.05, 4.69) is 22.5 Å². The zero-order valence-corrected chi connectivity index (χ0v) is 19.3. The molecule has 158 valence electrons. The molecule has 29 heavy (non-hydrogen) atoms. The molecule has 1 atom stereocenters. The van der Waals surface area contributed by atoms with Gasteiger partial charge in [0, 0.05) is 49.6 Å². The van der Waals surface area contributed by atoms with Crippen LogP contribution in [0.2, 0.25) is 5.02 Å². The summed E-state index contributed by atoms with van der Waals surface area (Å²) in [6, 6.07) is 3.59. The summed E-state index contributed by atoms with van der Waals surface area (Å²) in [5.41, 5.74) is -0.686. The molecule has 2 heterocycles. The van der Waals surface area contributed by atoms with E-state index in [4.69, 9.17) is 21.1 Å². The van der Waals surface area contributed by atoms with Gasteiger partial charge in [-0.3, -0.25) is 4.79 Å². The molecule has 1 aromatic rings. The maximum Gasteiger partial charge on any atom is 0.410 e. The number of amides is 2. The molecule has 1 fully saturated rings. The number of carbonyl (C=O) groups is 2. The third-order valence-corrected chi connectivity index (χ3v) is 5.75. The third-order valence-electron chi connectivity index (χ3n) is 4.94. The number of piperazine rings is 1. The molecule has 0 saturated carbocycles. The molecule has 1 saturated heterocycles. The Hall–Kier alpha value is -1.73. The van der Waals surface area contributed by atoms with Crippen LogP contribution >= 0.6 is 27.5 Å². The SMILES string of the molecule is C=CCC1(C(=O)N2CCN(C(=O)OC(C)(C)C)CC2)Cc2cc(Cl)cc(Br)c2O1. The van der Waals surface area contributed by atoms with Gasteiger partial charge in [0.25, 0.3) is 5.91 Å². The molecule has 0 bridgehead atoms. The summed E-state index contributed by atoms with van der Waals surface area (Å²) in [6.07, 6.45) is 2.17. The lowest BCUT2D eigenvalue weighted by Crippen LogP contribution is -2.58. The highest BCUT2D eigenvalue weighted by Gasteiger charge is 2.48. The van der Waals surface area contributed by atoms with Crippen LogP contribution in [0.25, 0.3) is 0 Å². The number of hydrogen-bond donors (Lipinski definition) is 0. The second-order valence-corrected chi connectivity index (χ2v) is 9.69. The molecule has 2 amide bonds. The molecule has 6 nitrogen and oxygen atoms in total.